The first-order chi connectivity index (χ1) is 15.0. The average molecular weight is 439 g/mol. The predicted octanol–water partition coefficient (Wildman–Crippen LogP) is 2.09. The Labute approximate surface area is 184 Å². The molecule has 2 aromatic heterocycles. The zero-order chi connectivity index (χ0) is 21.5. The Morgan fingerprint density at radius 1 is 1.16 bits per heavy atom. The summed E-state index contributed by atoms with van der Waals surface area (Å²) in [5, 5.41) is 5.58. The van der Waals surface area contributed by atoms with Crippen LogP contribution in [0, 0.1) is 6.92 Å². The third-order valence-corrected chi connectivity index (χ3v) is 7.33. The van der Waals surface area contributed by atoms with E-state index in [4.69, 9.17) is 4.98 Å². The van der Waals surface area contributed by atoms with E-state index in [1.54, 1.807) is 15.4 Å². The monoisotopic (exact) mass is 438 g/mol. The van der Waals surface area contributed by atoms with E-state index in [1.807, 2.05) is 36.1 Å². The van der Waals surface area contributed by atoms with Crippen molar-refractivity contribution in [3.63, 3.8) is 0 Å². The van der Waals surface area contributed by atoms with Crippen molar-refractivity contribution in [3.8, 4) is 5.69 Å². The number of hydrogen-bond acceptors (Lipinski definition) is 6. The highest BCUT2D eigenvalue weighted by Crippen LogP contribution is 2.33. The molecule has 2 aliphatic heterocycles. The minimum absolute atomic E-state index is 0.114. The van der Waals surface area contributed by atoms with Gasteiger partial charge in [0, 0.05) is 38.4 Å². The van der Waals surface area contributed by atoms with Crippen LogP contribution in [0.3, 0.4) is 0 Å². The molecular weight excluding hydrogens is 412 g/mol. The molecule has 2 aliphatic rings. The summed E-state index contributed by atoms with van der Waals surface area (Å²) in [5.74, 6) is 0.810. The second-order valence-corrected chi connectivity index (χ2v) is 9.17. The van der Waals surface area contributed by atoms with E-state index in [0.29, 0.717) is 28.4 Å². The summed E-state index contributed by atoms with van der Waals surface area (Å²) in [6, 6.07) is 7.81. The number of hydrogen-bond donors (Lipinski definition) is 0. The predicted molar refractivity (Wildman–Crippen MR) is 121 cm³/mol. The zero-order valence-corrected chi connectivity index (χ0v) is 18.6. The van der Waals surface area contributed by atoms with Gasteiger partial charge in [-0.2, -0.15) is 5.10 Å². The van der Waals surface area contributed by atoms with Crippen LogP contribution in [0.5, 0.6) is 0 Å². The van der Waals surface area contributed by atoms with Crippen molar-refractivity contribution in [2.45, 2.75) is 31.5 Å². The van der Waals surface area contributed by atoms with Crippen LogP contribution in [-0.4, -0.2) is 73.5 Å². The van der Waals surface area contributed by atoms with E-state index in [9.17, 15) is 9.59 Å². The smallest absolute Gasteiger partial charge is 0.265 e. The number of rotatable bonds is 4. The summed E-state index contributed by atoms with van der Waals surface area (Å²) in [6.07, 6.45) is 1.93. The highest BCUT2D eigenvalue weighted by Gasteiger charge is 2.31. The van der Waals surface area contributed by atoms with E-state index in [0.717, 1.165) is 44.0 Å². The third kappa shape index (κ3) is 3.65. The van der Waals surface area contributed by atoms with Crippen LogP contribution in [0.15, 0.2) is 40.4 Å². The first-order valence-electron chi connectivity index (χ1n) is 10.8. The Hall–Kier alpha value is -2.65. The Morgan fingerprint density at radius 3 is 2.61 bits per heavy atom. The second kappa shape index (κ2) is 8.12. The molecule has 9 heteroatoms. The lowest BCUT2D eigenvalue weighted by Gasteiger charge is -2.34. The molecular formula is C22H26N6O2S. The van der Waals surface area contributed by atoms with Crippen molar-refractivity contribution in [1.82, 2.24) is 29.1 Å². The van der Waals surface area contributed by atoms with Gasteiger partial charge in [-0.25, -0.2) is 9.67 Å². The molecule has 0 radical (unpaired) electrons. The average Bonchev–Trinajstić information content (AvgIpc) is 3.39. The molecule has 0 saturated carbocycles. The highest BCUT2D eigenvalue weighted by atomic mass is 32.2. The molecule has 1 unspecified atom stereocenters. The molecule has 8 nitrogen and oxygen atoms in total. The Kier molecular flexibility index (Phi) is 5.31. The molecule has 162 valence electrons. The van der Waals surface area contributed by atoms with Crippen LogP contribution >= 0.6 is 11.8 Å². The third-order valence-electron chi connectivity index (χ3n) is 6.23. The normalized spacial score (nSPS) is 19.2. The minimum Gasteiger partial charge on any atom is -0.340 e. The van der Waals surface area contributed by atoms with Crippen LogP contribution in [0.1, 0.15) is 24.9 Å². The van der Waals surface area contributed by atoms with E-state index < -0.39 is 0 Å². The van der Waals surface area contributed by atoms with E-state index in [2.05, 4.69) is 16.9 Å². The molecule has 1 atom stereocenters. The largest absolute Gasteiger partial charge is 0.340 e. The lowest BCUT2D eigenvalue weighted by Crippen LogP contribution is -2.49. The summed E-state index contributed by atoms with van der Waals surface area (Å²) in [7, 11) is 0. The van der Waals surface area contributed by atoms with Crippen LogP contribution in [-0.2, 0) is 4.79 Å². The van der Waals surface area contributed by atoms with Crippen molar-refractivity contribution >= 4 is 28.7 Å². The standard InChI is InChI=1S/C22H26N6O2S/c1-3-25-8-10-26(11-9-25)19(29)12-17-14-31-22-24-20-18(21(30)27(17)22)13-23-28(20)16-6-4-15(2)5-7-16/h4-7,13,17H,3,8-12,14H2,1-2H3. The molecule has 1 amide bonds. The zero-order valence-electron chi connectivity index (χ0n) is 17.8. The molecule has 0 N–H and O–H groups in total. The van der Waals surface area contributed by atoms with Crippen molar-refractivity contribution in [2.75, 3.05) is 38.5 Å². The molecule has 1 aromatic carbocycles. The fourth-order valence-electron chi connectivity index (χ4n) is 4.30. The molecule has 31 heavy (non-hydrogen) atoms. The summed E-state index contributed by atoms with van der Waals surface area (Å²) in [4.78, 5) is 35.2. The van der Waals surface area contributed by atoms with Gasteiger partial charge in [-0.15, -0.1) is 0 Å². The van der Waals surface area contributed by atoms with Gasteiger partial charge in [0.1, 0.15) is 5.39 Å². The Balaban J connectivity index is 1.41. The van der Waals surface area contributed by atoms with Gasteiger partial charge in [-0.05, 0) is 25.6 Å². The maximum absolute atomic E-state index is 13.3. The number of carbonyl (C=O) groups excluding carboxylic acids is 1. The lowest BCUT2D eigenvalue weighted by atomic mass is 10.2. The van der Waals surface area contributed by atoms with Crippen LogP contribution in [0.2, 0.25) is 0 Å². The molecule has 1 saturated heterocycles. The number of aryl methyl sites for hydroxylation is 1. The summed E-state index contributed by atoms with van der Waals surface area (Å²) < 4.78 is 3.41. The molecule has 4 heterocycles. The van der Waals surface area contributed by atoms with Crippen molar-refractivity contribution < 1.29 is 4.79 Å². The number of fused-ring (bicyclic) bond motifs is 2. The van der Waals surface area contributed by atoms with E-state index >= 15 is 0 Å². The van der Waals surface area contributed by atoms with Gasteiger partial charge in [0.25, 0.3) is 5.56 Å². The number of nitrogens with zero attached hydrogens (tertiary/aromatic N) is 6. The van der Waals surface area contributed by atoms with Crippen LogP contribution < -0.4 is 5.56 Å². The molecule has 5 rings (SSSR count). The molecule has 0 aliphatic carbocycles. The maximum Gasteiger partial charge on any atom is 0.265 e. The van der Waals surface area contributed by atoms with Gasteiger partial charge in [0.15, 0.2) is 10.8 Å². The molecule has 0 bridgehead atoms. The quantitative estimate of drug-likeness (QED) is 0.581. The number of piperazine rings is 1. The summed E-state index contributed by atoms with van der Waals surface area (Å²) in [5.41, 5.74) is 2.49. The number of likely N-dealkylation sites (N-methyl/N-ethyl adjacent to an activating group) is 1. The Bertz CT molecular complexity index is 1180. The number of amides is 1. The number of benzene rings is 1. The Morgan fingerprint density at radius 2 is 1.90 bits per heavy atom. The van der Waals surface area contributed by atoms with Crippen molar-refractivity contribution in [2.24, 2.45) is 0 Å². The maximum atomic E-state index is 13.3. The van der Waals surface area contributed by atoms with Crippen molar-refractivity contribution in [3.05, 3.63) is 46.4 Å². The van der Waals surface area contributed by atoms with E-state index in [-0.39, 0.29) is 17.5 Å². The van der Waals surface area contributed by atoms with Gasteiger partial charge in [0.2, 0.25) is 5.91 Å². The number of carbonyl (C=O) groups is 1. The number of thioether (sulfide) groups is 1. The van der Waals surface area contributed by atoms with Gasteiger partial charge >= 0.3 is 0 Å². The molecule has 1 fully saturated rings. The minimum atomic E-state index is -0.163. The van der Waals surface area contributed by atoms with Gasteiger partial charge in [-0.3, -0.25) is 14.2 Å². The highest BCUT2D eigenvalue weighted by molar-refractivity contribution is 7.99. The molecule has 0 spiro atoms. The van der Waals surface area contributed by atoms with Gasteiger partial charge < -0.3 is 9.80 Å². The first kappa shape index (κ1) is 20.3. The second-order valence-electron chi connectivity index (χ2n) is 8.18. The topological polar surface area (TPSA) is 76.3 Å². The summed E-state index contributed by atoms with van der Waals surface area (Å²) in [6.45, 7) is 8.54. The fraction of sp³-hybridized carbons (Fsp3) is 0.455. The summed E-state index contributed by atoms with van der Waals surface area (Å²) >= 11 is 1.54. The van der Waals surface area contributed by atoms with E-state index in [1.165, 1.54) is 11.8 Å². The van der Waals surface area contributed by atoms with Crippen molar-refractivity contribution in [1.29, 1.82) is 0 Å². The molecule has 3 aromatic rings. The fourth-order valence-corrected chi connectivity index (χ4v) is 5.43. The first-order valence-corrected chi connectivity index (χ1v) is 11.7. The SMILES string of the molecule is CCN1CCN(C(=O)CC2CSc3nc4c(cnn4-c4ccc(C)cc4)c(=O)n32)CC1. The lowest BCUT2D eigenvalue weighted by molar-refractivity contribution is -0.133. The van der Waals surface area contributed by atoms with Gasteiger partial charge in [0.05, 0.1) is 17.9 Å². The van der Waals surface area contributed by atoms with Crippen LogP contribution in [0.25, 0.3) is 16.7 Å². The van der Waals surface area contributed by atoms with Gasteiger partial charge in [-0.1, -0.05) is 36.4 Å². The van der Waals surface area contributed by atoms with Crippen LogP contribution in [0.4, 0.5) is 0 Å². The number of aromatic nitrogens is 4.